The van der Waals surface area contributed by atoms with E-state index in [0.717, 1.165) is 15.8 Å². The number of ether oxygens (including phenoxy) is 2. The summed E-state index contributed by atoms with van der Waals surface area (Å²) in [6, 6.07) is 15.1. The Morgan fingerprint density at radius 3 is 2.57 bits per heavy atom. The Labute approximate surface area is 145 Å². The summed E-state index contributed by atoms with van der Waals surface area (Å²) in [7, 11) is 3.38. The van der Waals surface area contributed by atoms with Gasteiger partial charge in [0.1, 0.15) is 11.5 Å². The third kappa shape index (κ3) is 4.73. The molecular formula is C18H20BrNO3. The number of hydrogen-bond acceptors (Lipinski definition) is 3. The van der Waals surface area contributed by atoms with Gasteiger partial charge < -0.3 is 14.4 Å². The summed E-state index contributed by atoms with van der Waals surface area (Å²) >= 11 is 3.44. The lowest BCUT2D eigenvalue weighted by molar-refractivity contribution is -0.137. The van der Waals surface area contributed by atoms with E-state index in [1.807, 2.05) is 48.5 Å². The molecule has 0 bridgehead atoms. The molecule has 0 heterocycles. The van der Waals surface area contributed by atoms with E-state index in [2.05, 4.69) is 15.9 Å². The Morgan fingerprint density at radius 2 is 1.91 bits per heavy atom. The van der Waals surface area contributed by atoms with E-state index in [0.29, 0.717) is 12.3 Å². The average Bonchev–Trinajstić information content (AvgIpc) is 2.55. The van der Waals surface area contributed by atoms with Crippen LogP contribution in [0.2, 0.25) is 0 Å². The fourth-order valence-corrected chi connectivity index (χ4v) is 2.68. The monoisotopic (exact) mass is 377 g/mol. The highest BCUT2D eigenvalue weighted by atomic mass is 79.9. The summed E-state index contributed by atoms with van der Waals surface area (Å²) in [4.78, 5) is 14.1. The molecule has 0 saturated heterocycles. The van der Waals surface area contributed by atoms with Gasteiger partial charge in [-0.25, -0.2) is 0 Å². The number of likely N-dealkylation sites (N-methyl/N-ethyl adjacent to an activating group) is 1. The van der Waals surface area contributed by atoms with E-state index < -0.39 is 6.10 Å². The van der Waals surface area contributed by atoms with Crippen molar-refractivity contribution in [3.8, 4) is 11.5 Å². The van der Waals surface area contributed by atoms with Crippen molar-refractivity contribution in [3.05, 3.63) is 58.6 Å². The number of benzene rings is 2. The number of carbonyl (C=O) groups is 1. The van der Waals surface area contributed by atoms with Gasteiger partial charge in [-0.2, -0.15) is 0 Å². The highest BCUT2D eigenvalue weighted by Gasteiger charge is 2.20. The van der Waals surface area contributed by atoms with Crippen molar-refractivity contribution >= 4 is 21.8 Å². The first-order valence-electron chi connectivity index (χ1n) is 7.30. The molecule has 2 rings (SSSR count). The van der Waals surface area contributed by atoms with Crippen LogP contribution in [0.3, 0.4) is 0 Å². The number of rotatable bonds is 6. The molecule has 23 heavy (non-hydrogen) atoms. The van der Waals surface area contributed by atoms with E-state index >= 15 is 0 Å². The smallest absolute Gasteiger partial charge is 0.263 e. The lowest BCUT2D eigenvalue weighted by Crippen LogP contribution is -2.37. The zero-order chi connectivity index (χ0) is 16.8. The van der Waals surface area contributed by atoms with Crippen molar-refractivity contribution in [2.24, 2.45) is 0 Å². The predicted octanol–water partition coefficient (Wildman–Crippen LogP) is 3.88. The standard InChI is InChI=1S/C18H20BrNO3/c1-13(23-16-7-5-4-6-8-16)18(21)20(2)12-14-11-15(19)9-10-17(14)22-3/h4-11,13H,12H2,1-3H3/t13-/m1/s1. The van der Waals surface area contributed by atoms with Crippen molar-refractivity contribution in [1.82, 2.24) is 4.90 Å². The molecule has 0 N–H and O–H groups in total. The minimum absolute atomic E-state index is 0.0871. The number of nitrogens with zero attached hydrogens (tertiary/aromatic N) is 1. The molecule has 0 aromatic heterocycles. The lowest BCUT2D eigenvalue weighted by Gasteiger charge is -2.23. The summed E-state index contributed by atoms with van der Waals surface area (Å²) < 4.78 is 12.0. The van der Waals surface area contributed by atoms with Crippen LogP contribution in [0.4, 0.5) is 0 Å². The quantitative estimate of drug-likeness (QED) is 0.766. The maximum atomic E-state index is 12.5. The number of para-hydroxylation sites is 1. The summed E-state index contributed by atoms with van der Waals surface area (Å²) in [6.07, 6.45) is -0.555. The van der Waals surface area contributed by atoms with Gasteiger partial charge in [-0.1, -0.05) is 34.1 Å². The maximum Gasteiger partial charge on any atom is 0.263 e. The van der Waals surface area contributed by atoms with Crippen LogP contribution in [0.5, 0.6) is 11.5 Å². The minimum Gasteiger partial charge on any atom is -0.496 e. The third-order valence-corrected chi connectivity index (χ3v) is 3.92. The van der Waals surface area contributed by atoms with Crippen LogP contribution in [0.25, 0.3) is 0 Å². The van der Waals surface area contributed by atoms with Gasteiger partial charge in [-0.05, 0) is 37.3 Å². The summed E-state index contributed by atoms with van der Waals surface area (Å²) in [5.74, 6) is 1.35. The van der Waals surface area contributed by atoms with Crippen molar-refractivity contribution in [2.75, 3.05) is 14.2 Å². The van der Waals surface area contributed by atoms with Gasteiger partial charge in [0.05, 0.1) is 7.11 Å². The second-order valence-electron chi connectivity index (χ2n) is 5.22. The van der Waals surface area contributed by atoms with Gasteiger partial charge >= 0.3 is 0 Å². The highest BCUT2D eigenvalue weighted by Crippen LogP contribution is 2.24. The molecule has 122 valence electrons. The van der Waals surface area contributed by atoms with E-state index in [1.54, 1.807) is 26.0 Å². The first-order chi connectivity index (χ1) is 11.0. The Kier molecular flexibility index (Phi) is 6.04. The molecule has 2 aromatic rings. The van der Waals surface area contributed by atoms with E-state index in [-0.39, 0.29) is 5.91 Å². The number of carbonyl (C=O) groups excluding carboxylic acids is 1. The van der Waals surface area contributed by atoms with Gasteiger partial charge in [0.25, 0.3) is 5.91 Å². The molecule has 2 aromatic carbocycles. The highest BCUT2D eigenvalue weighted by molar-refractivity contribution is 9.10. The lowest BCUT2D eigenvalue weighted by atomic mass is 10.2. The molecule has 0 saturated carbocycles. The van der Waals surface area contributed by atoms with Crippen molar-refractivity contribution in [3.63, 3.8) is 0 Å². The van der Waals surface area contributed by atoms with E-state index in [1.165, 1.54) is 0 Å². The molecular weight excluding hydrogens is 358 g/mol. The van der Waals surface area contributed by atoms with Crippen molar-refractivity contribution in [2.45, 2.75) is 19.6 Å². The summed E-state index contributed by atoms with van der Waals surface area (Å²) in [5, 5.41) is 0. The molecule has 0 unspecified atom stereocenters. The fraction of sp³-hybridized carbons (Fsp3) is 0.278. The number of amides is 1. The molecule has 0 fully saturated rings. The minimum atomic E-state index is -0.555. The molecule has 0 radical (unpaired) electrons. The van der Waals surface area contributed by atoms with Crippen LogP contribution in [0.1, 0.15) is 12.5 Å². The maximum absolute atomic E-state index is 12.5. The Hall–Kier alpha value is -2.01. The topological polar surface area (TPSA) is 38.8 Å². The molecule has 1 amide bonds. The van der Waals surface area contributed by atoms with Gasteiger partial charge in [0, 0.05) is 23.6 Å². The van der Waals surface area contributed by atoms with Gasteiger partial charge in [0.15, 0.2) is 6.10 Å². The average molecular weight is 378 g/mol. The molecule has 4 nitrogen and oxygen atoms in total. The van der Waals surface area contributed by atoms with E-state index in [9.17, 15) is 4.79 Å². The predicted molar refractivity (Wildman–Crippen MR) is 93.7 cm³/mol. The second kappa shape index (κ2) is 8.02. The van der Waals surface area contributed by atoms with Crippen molar-refractivity contribution < 1.29 is 14.3 Å². The first kappa shape index (κ1) is 17.3. The number of halogens is 1. The number of methoxy groups -OCH3 is 1. The molecule has 5 heteroatoms. The Morgan fingerprint density at radius 1 is 1.22 bits per heavy atom. The third-order valence-electron chi connectivity index (χ3n) is 3.43. The molecule has 0 aliphatic heterocycles. The molecule has 1 atom stereocenters. The molecule has 0 aliphatic carbocycles. The molecule has 0 spiro atoms. The zero-order valence-electron chi connectivity index (χ0n) is 13.5. The Balaban J connectivity index is 2.03. The SMILES string of the molecule is COc1ccc(Br)cc1CN(C)C(=O)[C@@H](C)Oc1ccccc1. The van der Waals surface area contributed by atoms with Crippen molar-refractivity contribution in [1.29, 1.82) is 0 Å². The first-order valence-corrected chi connectivity index (χ1v) is 8.09. The largest absolute Gasteiger partial charge is 0.496 e. The van der Waals surface area contributed by atoms with Gasteiger partial charge in [0.2, 0.25) is 0 Å². The van der Waals surface area contributed by atoms with Gasteiger partial charge in [-0.15, -0.1) is 0 Å². The summed E-state index contributed by atoms with van der Waals surface area (Å²) in [6.45, 7) is 2.20. The van der Waals surface area contributed by atoms with Crippen LogP contribution < -0.4 is 9.47 Å². The molecule has 0 aliphatic rings. The van der Waals surface area contributed by atoms with Gasteiger partial charge in [-0.3, -0.25) is 4.79 Å². The van der Waals surface area contributed by atoms with Crippen LogP contribution >= 0.6 is 15.9 Å². The zero-order valence-corrected chi connectivity index (χ0v) is 15.0. The second-order valence-corrected chi connectivity index (χ2v) is 6.14. The van der Waals surface area contributed by atoms with Crippen LogP contribution in [0, 0.1) is 0 Å². The van der Waals surface area contributed by atoms with E-state index in [4.69, 9.17) is 9.47 Å². The van der Waals surface area contributed by atoms with Crippen LogP contribution in [-0.4, -0.2) is 31.1 Å². The summed E-state index contributed by atoms with van der Waals surface area (Å²) in [5.41, 5.74) is 0.935. The number of hydrogen-bond donors (Lipinski definition) is 0. The fourth-order valence-electron chi connectivity index (χ4n) is 2.27. The van der Waals surface area contributed by atoms with Crippen LogP contribution in [0.15, 0.2) is 53.0 Å². The van der Waals surface area contributed by atoms with Crippen LogP contribution in [-0.2, 0) is 11.3 Å². The Bertz CT molecular complexity index is 661. The normalized spacial score (nSPS) is 11.7.